The van der Waals surface area contributed by atoms with Crippen LogP contribution in [0.3, 0.4) is 0 Å². The molecule has 0 amide bonds. The zero-order chi connectivity index (χ0) is 22.0. The van der Waals surface area contributed by atoms with Gasteiger partial charge in [0.25, 0.3) is 11.2 Å². The summed E-state index contributed by atoms with van der Waals surface area (Å²) in [4.78, 5) is 28.6. The van der Waals surface area contributed by atoms with Crippen LogP contribution in [-0.2, 0) is 0 Å². The Balaban J connectivity index is 1.92. The molecule has 8 heteroatoms. The number of nitrogens with zero attached hydrogens (tertiary/aromatic N) is 3. The molecule has 4 rings (SSSR count). The lowest BCUT2D eigenvalue weighted by atomic mass is 10.2. The van der Waals surface area contributed by atoms with Gasteiger partial charge >= 0.3 is 0 Å². The molecule has 4 aromatic rings. The molecular formula is C23H16IN3O4. The Morgan fingerprint density at radius 3 is 2.52 bits per heavy atom. The lowest BCUT2D eigenvalue weighted by Crippen LogP contribution is -2.23. The van der Waals surface area contributed by atoms with Crippen molar-refractivity contribution in [3.8, 4) is 11.4 Å². The first kappa shape index (κ1) is 20.7. The fourth-order valence-corrected chi connectivity index (χ4v) is 3.70. The highest BCUT2D eigenvalue weighted by molar-refractivity contribution is 14.1. The summed E-state index contributed by atoms with van der Waals surface area (Å²) in [7, 11) is 1.55. The molecule has 0 saturated heterocycles. The lowest BCUT2D eigenvalue weighted by Gasteiger charge is -2.14. The molecule has 0 spiro atoms. The van der Waals surface area contributed by atoms with Gasteiger partial charge in [0, 0.05) is 15.7 Å². The van der Waals surface area contributed by atoms with E-state index in [9.17, 15) is 14.9 Å². The van der Waals surface area contributed by atoms with E-state index in [4.69, 9.17) is 9.72 Å². The second-order valence-corrected chi connectivity index (χ2v) is 7.87. The van der Waals surface area contributed by atoms with Gasteiger partial charge in [0.1, 0.15) is 11.6 Å². The van der Waals surface area contributed by atoms with E-state index in [1.54, 1.807) is 49.6 Å². The van der Waals surface area contributed by atoms with E-state index in [1.165, 1.54) is 16.7 Å². The third-order valence-electron chi connectivity index (χ3n) is 4.71. The Bertz CT molecular complexity index is 1380. The lowest BCUT2D eigenvalue weighted by molar-refractivity contribution is -0.384. The average Bonchev–Trinajstić information content (AvgIpc) is 2.78. The number of fused-ring (bicyclic) bond motifs is 1. The number of hydrogen-bond donors (Lipinski definition) is 0. The van der Waals surface area contributed by atoms with E-state index in [0.29, 0.717) is 28.2 Å². The summed E-state index contributed by atoms with van der Waals surface area (Å²) < 4.78 is 7.91. The molecular weight excluding hydrogens is 509 g/mol. The fourth-order valence-electron chi connectivity index (χ4n) is 3.21. The van der Waals surface area contributed by atoms with E-state index in [2.05, 4.69) is 22.6 Å². The van der Waals surface area contributed by atoms with E-state index < -0.39 is 4.92 Å². The highest BCUT2D eigenvalue weighted by atomic mass is 127. The molecule has 0 N–H and O–H groups in total. The van der Waals surface area contributed by atoms with Gasteiger partial charge in [-0.1, -0.05) is 18.2 Å². The number of hydrogen-bond acceptors (Lipinski definition) is 5. The topological polar surface area (TPSA) is 87.3 Å². The van der Waals surface area contributed by atoms with Crippen LogP contribution in [0.25, 0.3) is 28.7 Å². The van der Waals surface area contributed by atoms with E-state index in [1.807, 2.05) is 24.3 Å². The summed E-state index contributed by atoms with van der Waals surface area (Å²) in [6.07, 6.45) is 3.47. The van der Waals surface area contributed by atoms with Gasteiger partial charge in [0.15, 0.2) is 0 Å². The maximum atomic E-state index is 13.5. The number of methoxy groups -OCH3 is 1. The van der Waals surface area contributed by atoms with Crippen molar-refractivity contribution in [2.45, 2.75) is 0 Å². The summed E-state index contributed by atoms with van der Waals surface area (Å²) in [6, 6.07) is 18.9. The van der Waals surface area contributed by atoms with Gasteiger partial charge in [-0.2, -0.15) is 0 Å². The predicted octanol–water partition coefficient (Wildman–Crippen LogP) is 5.08. The molecule has 3 aromatic carbocycles. The zero-order valence-electron chi connectivity index (χ0n) is 16.4. The van der Waals surface area contributed by atoms with Crippen LogP contribution in [0.4, 0.5) is 5.69 Å². The third-order valence-corrected chi connectivity index (χ3v) is 5.38. The van der Waals surface area contributed by atoms with Crippen LogP contribution in [0.2, 0.25) is 0 Å². The van der Waals surface area contributed by atoms with E-state index >= 15 is 0 Å². The predicted molar refractivity (Wildman–Crippen MR) is 129 cm³/mol. The normalized spacial score (nSPS) is 11.2. The molecule has 31 heavy (non-hydrogen) atoms. The minimum atomic E-state index is -0.445. The monoisotopic (exact) mass is 525 g/mol. The SMILES string of the molecule is COc1ccccc1-n1c(/C=C/c2ccc([N+](=O)[O-])cc2)nc2ccc(I)cc2c1=O. The van der Waals surface area contributed by atoms with Crippen LogP contribution in [0.1, 0.15) is 11.4 Å². The summed E-state index contributed by atoms with van der Waals surface area (Å²) in [5, 5.41) is 11.4. The van der Waals surface area contributed by atoms with Crippen LogP contribution >= 0.6 is 22.6 Å². The van der Waals surface area contributed by atoms with E-state index in [-0.39, 0.29) is 11.2 Å². The Hall–Kier alpha value is -3.53. The zero-order valence-corrected chi connectivity index (χ0v) is 18.5. The standard InChI is InChI=1S/C23H16IN3O4/c1-31-21-5-3-2-4-20(21)26-22(13-8-15-6-10-17(11-7-15)27(29)30)25-19-12-9-16(24)14-18(19)23(26)28/h2-14H,1H3/b13-8+. The molecule has 0 aliphatic heterocycles. The highest BCUT2D eigenvalue weighted by Gasteiger charge is 2.15. The maximum absolute atomic E-state index is 13.5. The second-order valence-electron chi connectivity index (χ2n) is 6.63. The summed E-state index contributed by atoms with van der Waals surface area (Å²) in [6.45, 7) is 0. The van der Waals surface area contributed by atoms with E-state index in [0.717, 1.165) is 9.13 Å². The van der Waals surface area contributed by atoms with Gasteiger partial charge in [-0.25, -0.2) is 4.98 Å². The van der Waals surface area contributed by atoms with Crippen molar-refractivity contribution < 1.29 is 9.66 Å². The minimum Gasteiger partial charge on any atom is -0.495 e. The molecule has 0 fully saturated rings. The van der Waals surface area contributed by atoms with Crippen LogP contribution in [-0.4, -0.2) is 21.6 Å². The number of aromatic nitrogens is 2. The van der Waals surface area contributed by atoms with Crippen molar-refractivity contribution in [3.63, 3.8) is 0 Å². The number of para-hydroxylation sites is 2. The average molecular weight is 525 g/mol. The van der Waals surface area contributed by atoms with Crippen molar-refractivity contribution in [3.05, 3.63) is 102 Å². The van der Waals surface area contributed by atoms with Crippen LogP contribution in [0.5, 0.6) is 5.75 Å². The van der Waals surface area contributed by atoms with Gasteiger partial charge in [-0.15, -0.1) is 0 Å². The third kappa shape index (κ3) is 4.19. The number of non-ortho nitro benzene ring substituents is 1. The molecule has 7 nitrogen and oxygen atoms in total. The number of rotatable bonds is 5. The Kier molecular flexibility index (Phi) is 5.81. The van der Waals surface area contributed by atoms with Crippen LogP contribution in [0.15, 0.2) is 71.5 Å². The van der Waals surface area contributed by atoms with Crippen LogP contribution < -0.4 is 10.3 Å². The molecule has 1 heterocycles. The van der Waals surface area contributed by atoms with Gasteiger partial charge in [0.05, 0.1) is 28.6 Å². The fraction of sp³-hybridized carbons (Fsp3) is 0.0435. The van der Waals surface area contributed by atoms with Crippen molar-refractivity contribution in [2.75, 3.05) is 7.11 Å². The molecule has 0 bridgehead atoms. The summed E-state index contributed by atoms with van der Waals surface area (Å²) in [5.41, 5.74) is 1.71. The Morgan fingerprint density at radius 1 is 1.06 bits per heavy atom. The first-order valence-electron chi connectivity index (χ1n) is 9.26. The molecule has 0 saturated carbocycles. The molecule has 0 aliphatic rings. The van der Waals surface area contributed by atoms with Crippen molar-refractivity contribution in [2.24, 2.45) is 0 Å². The number of nitro benzene ring substituents is 1. The first-order chi connectivity index (χ1) is 15.0. The number of benzene rings is 3. The number of nitro groups is 1. The number of halogens is 1. The maximum Gasteiger partial charge on any atom is 0.269 e. The second kappa shape index (κ2) is 8.68. The van der Waals surface area contributed by atoms with Crippen molar-refractivity contribution in [1.29, 1.82) is 0 Å². The Labute approximate surface area is 190 Å². The first-order valence-corrected chi connectivity index (χ1v) is 10.3. The molecule has 1 aromatic heterocycles. The van der Waals surface area contributed by atoms with Gasteiger partial charge in [0.2, 0.25) is 0 Å². The highest BCUT2D eigenvalue weighted by Crippen LogP contribution is 2.24. The Morgan fingerprint density at radius 2 is 1.81 bits per heavy atom. The smallest absolute Gasteiger partial charge is 0.269 e. The quantitative estimate of drug-likeness (QED) is 0.206. The minimum absolute atomic E-state index is 0.0153. The van der Waals surface area contributed by atoms with Crippen molar-refractivity contribution >= 4 is 51.3 Å². The molecule has 154 valence electrons. The molecule has 0 aliphatic carbocycles. The molecule has 0 radical (unpaired) electrons. The van der Waals surface area contributed by atoms with Crippen molar-refractivity contribution in [1.82, 2.24) is 9.55 Å². The van der Waals surface area contributed by atoms with Crippen LogP contribution in [0, 0.1) is 13.7 Å². The molecule has 0 unspecified atom stereocenters. The summed E-state index contributed by atoms with van der Waals surface area (Å²) >= 11 is 2.16. The van der Waals surface area contributed by atoms with Gasteiger partial charge in [-0.3, -0.25) is 19.5 Å². The number of ether oxygens (including phenoxy) is 1. The summed E-state index contributed by atoms with van der Waals surface area (Å²) in [5.74, 6) is 0.961. The largest absolute Gasteiger partial charge is 0.495 e. The van der Waals surface area contributed by atoms with Gasteiger partial charge < -0.3 is 4.74 Å². The van der Waals surface area contributed by atoms with Gasteiger partial charge in [-0.05, 0) is 76.7 Å². The molecule has 0 atom stereocenters.